The van der Waals surface area contributed by atoms with E-state index in [0.29, 0.717) is 12.4 Å². The van der Waals surface area contributed by atoms with Crippen molar-refractivity contribution in [3.8, 4) is 16.9 Å². The zero-order chi connectivity index (χ0) is 21.2. The number of nitrogens with one attached hydrogen (secondary N) is 1. The molecule has 1 atom stereocenters. The number of hydrogen-bond donors (Lipinski definition) is 3. The van der Waals surface area contributed by atoms with Crippen LogP contribution in [0.1, 0.15) is 5.56 Å². The summed E-state index contributed by atoms with van der Waals surface area (Å²) in [5.41, 5.74) is 17.1. The largest absolute Gasteiger partial charge is 0.490 e. The highest BCUT2D eigenvalue weighted by Crippen LogP contribution is 2.26. The summed E-state index contributed by atoms with van der Waals surface area (Å²) < 4.78 is 5.95. The van der Waals surface area contributed by atoms with Crippen LogP contribution in [0, 0.1) is 0 Å². The highest BCUT2D eigenvalue weighted by atomic mass is 16.5. The van der Waals surface area contributed by atoms with Crippen LogP contribution < -0.4 is 16.2 Å². The van der Waals surface area contributed by atoms with Crippen molar-refractivity contribution in [2.45, 2.75) is 12.5 Å². The van der Waals surface area contributed by atoms with E-state index in [0.717, 1.165) is 34.0 Å². The SMILES string of the molecule is Nc1ncc2ccc(-c3cncc(OC[C@H](N)Cc4c[nH]c5ccccc45)c3)cc2n1. The number of aromatic nitrogens is 4. The molecule has 5 rings (SSSR count). The van der Waals surface area contributed by atoms with Crippen LogP contribution in [0.5, 0.6) is 5.75 Å². The number of pyridine rings is 1. The molecule has 154 valence electrons. The van der Waals surface area contributed by atoms with Gasteiger partial charge in [-0.3, -0.25) is 4.98 Å². The minimum Gasteiger partial charge on any atom is -0.490 e. The summed E-state index contributed by atoms with van der Waals surface area (Å²) in [5, 5.41) is 2.13. The lowest BCUT2D eigenvalue weighted by molar-refractivity contribution is 0.287. The Morgan fingerprint density at radius 1 is 1.00 bits per heavy atom. The van der Waals surface area contributed by atoms with Crippen LogP contribution in [0.25, 0.3) is 32.9 Å². The van der Waals surface area contributed by atoms with E-state index in [1.54, 1.807) is 18.6 Å². The summed E-state index contributed by atoms with van der Waals surface area (Å²) in [4.78, 5) is 15.9. The van der Waals surface area contributed by atoms with Crippen molar-refractivity contribution in [2.24, 2.45) is 5.73 Å². The molecule has 2 aromatic carbocycles. The second-order valence-corrected chi connectivity index (χ2v) is 7.55. The zero-order valence-corrected chi connectivity index (χ0v) is 16.8. The molecule has 0 saturated heterocycles. The van der Waals surface area contributed by atoms with E-state index < -0.39 is 0 Å². The third kappa shape index (κ3) is 4.04. The molecule has 0 aliphatic heterocycles. The Kier molecular flexibility index (Phi) is 4.93. The summed E-state index contributed by atoms with van der Waals surface area (Å²) in [7, 11) is 0. The molecule has 7 heteroatoms. The monoisotopic (exact) mass is 410 g/mol. The fraction of sp³-hybridized carbons (Fsp3) is 0.125. The second kappa shape index (κ2) is 8.04. The number of para-hydroxylation sites is 1. The third-order valence-corrected chi connectivity index (χ3v) is 5.27. The lowest BCUT2D eigenvalue weighted by atomic mass is 10.1. The Balaban J connectivity index is 1.29. The minimum atomic E-state index is -0.136. The van der Waals surface area contributed by atoms with Crippen molar-refractivity contribution in [2.75, 3.05) is 12.3 Å². The number of benzene rings is 2. The van der Waals surface area contributed by atoms with Gasteiger partial charge in [0.15, 0.2) is 0 Å². The highest BCUT2D eigenvalue weighted by molar-refractivity contribution is 5.84. The molecular formula is C24H22N6O. The molecule has 0 fully saturated rings. The average molecular weight is 410 g/mol. The Labute approximate surface area is 179 Å². The predicted octanol–water partition coefficient (Wildman–Crippen LogP) is 3.70. The Morgan fingerprint density at radius 3 is 2.84 bits per heavy atom. The number of H-pyrrole nitrogens is 1. The van der Waals surface area contributed by atoms with Crippen molar-refractivity contribution in [3.05, 3.63) is 78.9 Å². The zero-order valence-electron chi connectivity index (χ0n) is 16.8. The number of fused-ring (bicyclic) bond motifs is 2. The molecule has 0 radical (unpaired) electrons. The van der Waals surface area contributed by atoms with E-state index in [1.165, 1.54) is 10.9 Å². The van der Waals surface area contributed by atoms with Gasteiger partial charge in [-0.1, -0.05) is 30.3 Å². The summed E-state index contributed by atoms with van der Waals surface area (Å²) in [6.07, 6.45) is 7.95. The van der Waals surface area contributed by atoms with Crippen LogP contribution in [0.15, 0.2) is 73.3 Å². The Morgan fingerprint density at radius 2 is 1.90 bits per heavy atom. The van der Waals surface area contributed by atoms with Gasteiger partial charge in [0.1, 0.15) is 12.4 Å². The number of anilines is 1. The molecule has 0 amide bonds. The van der Waals surface area contributed by atoms with Crippen molar-refractivity contribution < 1.29 is 4.74 Å². The summed E-state index contributed by atoms with van der Waals surface area (Å²) in [6.45, 7) is 0.395. The Hall–Kier alpha value is -3.97. The molecule has 0 spiro atoms. The smallest absolute Gasteiger partial charge is 0.220 e. The van der Waals surface area contributed by atoms with Gasteiger partial charge in [-0.25, -0.2) is 9.97 Å². The quantitative estimate of drug-likeness (QED) is 0.393. The maximum absolute atomic E-state index is 6.34. The van der Waals surface area contributed by atoms with Gasteiger partial charge in [-0.2, -0.15) is 0 Å². The lowest BCUT2D eigenvalue weighted by Crippen LogP contribution is -2.30. The van der Waals surface area contributed by atoms with Crippen LogP contribution >= 0.6 is 0 Å². The fourth-order valence-corrected chi connectivity index (χ4v) is 3.72. The maximum Gasteiger partial charge on any atom is 0.220 e. The first kappa shape index (κ1) is 19.0. The molecular weight excluding hydrogens is 388 g/mol. The van der Waals surface area contributed by atoms with E-state index in [-0.39, 0.29) is 12.0 Å². The molecule has 0 bridgehead atoms. The number of nitrogen functional groups attached to an aromatic ring is 1. The lowest BCUT2D eigenvalue weighted by Gasteiger charge is -2.13. The van der Waals surface area contributed by atoms with E-state index in [2.05, 4.69) is 32.1 Å². The molecule has 3 aromatic heterocycles. The van der Waals surface area contributed by atoms with Crippen LogP contribution in [-0.2, 0) is 6.42 Å². The van der Waals surface area contributed by atoms with Gasteiger partial charge in [0.25, 0.3) is 0 Å². The molecule has 0 aliphatic rings. The molecule has 0 saturated carbocycles. The first-order valence-corrected chi connectivity index (χ1v) is 10.1. The van der Waals surface area contributed by atoms with Crippen LogP contribution in [-0.4, -0.2) is 32.6 Å². The van der Waals surface area contributed by atoms with Crippen molar-refractivity contribution >= 4 is 27.8 Å². The minimum absolute atomic E-state index is 0.136. The van der Waals surface area contributed by atoms with E-state index in [4.69, 9.17) is 16.2 Å². The fourth-order valence-electron chi connectivity index (χ4n) is 3.72. The predicted molar refractivity (Wildman–Crippen MR) is 123 cm³/mol. The summed E-state index contributed by atoms with van der Waals surface area (Å²) in [6, 6.07) is 16.0. The Bertz CT molecular complexity index is 1360. The number of nitrogens with two attached hydrogens (primary N) is 2. The van der Waals surface area contributed by atoms with Crippen molar-refractivity contribution in [1.29, 1.82) is 0 Å². The summed E-state index contributed by atoms with van der Waals surface area (Å²) >= 11 is 0. The van der Waals surface area contributed by atoms with E-state index in [9.17, 15) is 0 Å². The number of nitrogens with zero attached hydrogens (tertiary/aromatic N) is 3. The first-order chi connectivity index (χ1) is 15.2. The molecule has 0 aliphatic carbocycles. The number of ether oxygens (including phenoxy) is 1. The van der Waals surface area contributed by atoms with Crippen LogP contribution in [0.3, 0.4) is 0 Å². The van der Waals surface area contributed by atoms with Crippen LogP contribution in [0.2, 0.25) is 0 Å². The van der Waals surface area contributed by atoms with Crippen molar-refractivity contribution in [1.82, 2.24) is 19.9 Å². The summed E-state index contributed by atoms with van der Waals surface area (Å²) in [5.74, 6) is 0.929. The van der Waals surface area contributed by atoms with E-state index >= 15 is 0 Å². The molecule has 5 N–H and O–H groups in total. The van der Waals surface area contributed by atoms with Gasteiger partial charge in [-0.05, 0) is 35.7 Å². The van der Waals surface area contributed by atoms with Gasteiger partial charge in [0.05, 0.1) is 11.7 Å². The molecule has 3 heterocycles. The second-order valence-electron chi connectivity index (χ2n) is 7.55. The average Bonchev–Trinajstić information content (AvgIpc) is 3.20. The van der Waals surface area contributed by atoms with Gasteiger partial charge in [0, 0.05) is 46.5 Å². The highest BCUT2D eigenvalue weighted by Gasteiger charge is 2.10. The van der Waals surface area contributed by atoms with Crippen molar-refractivity contribution in [3.63, 3.8) is 0 Å². The molecule has 7 nitrogen and oxygen atoms in total. The topological polar surface area (TPSA) is 116 Å². The molecule has 5 aromatic rings. The van der Waals surface area contributed by atoms with Crippen LogP contribution in [0.4, 0.5) is 5.95 Å². The van der Waals surface area contributed by atoms with E-state index in [1.807, 2.05) is 42.6 Å². The number of hydrogen-bond acceptors (Lipinski definition) is 6. The number of rotatable bonds is 6. The third-order valence-electron chi connectivity index (χ3n) is 5.27. The number of aromatic amines is 1. The normalized spacial score (nSPS) is 12.3. The first-order valence-electron chi connectivity index (χ1n) is 10.1. The standard InChI is InChI=1S/C24H22N6O/c25-19(7-18-12-28-22-4-2-1-3-21(18)22)14-31-20-8-17(10-27-13-20)15-5-6-16-11-29-24(26)30-23(16)9-15/h1-6,8-13,19,28H,7,14,25H2,(H2,26,29,30)/t19-/m1/s1. The van der Waals surface area contributed by atoms with Gasteiger partial charge in [0.2, 0.25) is 5.95 Å². The molecule has 31 heavy (non-hydrogen) atoms. The van der Waals surface area contributed by atoms with Gasteiger partial charge >= 0.3 is 0 Å². The maximum atomic E-state index is 6.34. The van der Waals surface area contributed by atoms with Gasteiger partial charge < -0.3 is 21.2 Å². The van der Waals surface area contributed by atoms with Gasteiger partial charge in [-0.15, -0.1) is 0 Å². The molecule has 0 unspecified atom stereocenters.